The Labute approximate surface area is 90.5 Å². The second kappa shape index (κ2) is 4.94. The van der Waals surface area contributed by atoms with Crippen LogP contribution in [0.15, 0.2) is 0 Å². The maximum atomic E-state index is 11.5. The number of rotatable bonds is 3. The largest absolute Gasteiger partial charge is 0.342 e. The first-order chi connectivity index (χ1) is 6.92. The molecule has 0 aromatic heterocycles. The van der Waals surface area contributed by atoms with Gasteiger partial charge in [0.2, 0.25) is 5.91 Å². The smallest absolute Gasteiger partial charge is 0.237 e. The average Bonchev–Trinajstić information content (AvgIpc) is 2.15. The van der Waals surface area contributed by atoms with Crippen molar-refractivity contribution in [3.05, 3.63) is 0 Å². The second-order valence-corrected chi connectivity index (χ2v) is 6.27. The van der Waals surface area contributed by atoms with Crippen LogP contribution in [0.3, 0.4) is 0 Å². The van der Waals surface area contributed by atoms with Gasteiger partial charge in [0, 0.05) is 19.3 Å². The van der Waals surface area contributed by atoms with Gasteiger partial charge < -0.3 is 10.6 Å². The number of piperidine rings is 1. The molecule has 1 aliphatic heterocycles. The van der Waals surface area contributed by atoms with E-state index < -0.39 is 9.84 Å². The molecule has 0 saturated carbocycles. The Bertz CT molecular complexity index is 318. The first-order valence-corrected chi connectivity index (χ1v) is 7.14. The van der Waals surface area contributed by atoms with Crippen molar-refractivity contribution in [1.82, 2.24) is 4.90 Å². The fraction of sp³-hybridized carbons (Fsp3) is 0.889. The summed E-state index contributed by atoms with van der Waals surface area (Å²) in [5, 5.41) is 0. The van der Waals surface area contributed by atoms with Gasteiger partial charge in [0.25, 0.3) is 0 Å². The van der Waals surface area contributed by atoms with E-state index in [-0.39, 0.29) is 11.7 Å². The summed E-state index contributed by atoms with van der Waals surface area (Å²) in [7, 11) is -3.21. The topological polar surface area (TPSA) is 80.5 Å². The maximum absolute atomic E-state index is 11.5. The van der Waals surface area contributed by atoms with Gasteiger partial charge in [0.15, 0.2) is 9.84 Å². The van der Waals surface area contributed by atoms with Gasteiger partial charge in [0.05, 0.1) is 0 Å². The normalized spacial score (nSPS) is 19.2. The van der Waals surface area contributed by atoms with Gasteiger partial charge in [-0.1, -0.05) is 0 Å². The van der Waals surface area contributed by atoms with Crippen LogP contribution in [-0.4, -0.2) is 50.9 Å². The number of amides is 1. The monoisotopic (exact) mass is 234 g/mol. The maximum Gasteiger partial charge on any atom is 0.237 e. The van der Waals surface area contributed by atoms with E-state index in [4.69, 9.17) is 5.73 Å². The number of likely N-dealkylation sites (tertiary alicyclic amines) is 1. The lowest BCUT2D eigenvalue weighted by Crippen LogP contribution is -2.42. The molecule has 0 spiro atoms. The second-order valence-electron chi connectivity index (χ2n) is 4.13. The van der Waals surface area contributed by atoms with Crippen molar-refractivity contribution < 1.29 is 13.2 Å². The van der Waals surface area contributed by atoms with E-state index in [2.05, 4.69) is 0 Å². The Kier molecular flexibility index (Phi) is 4.10. The molecule has 1 fully saturated rings. The Morgan fingerprint density at radius 2 is 1.93 bits per heavy atom. The van der Waals surface area contributed by atoms with Crippen molar-refractivity contribution in [3.63, 3.8) is 0 Å². The molecular formula is C9H18N2O3S. The van der Waals surface area contributed by atoms with Crippen molar-refractivity contribution in [1.29, 1.82) is 0 Å². The van der Waals surface area contributed by atoms with Gasteiger partial charge in [-0.05, 0) is 25.3 Å². The Hall–Kier alpha value is -0.620. The first-order valence-electron chi connectivity index (χ1n) is 5.08. The Morgan fingerprint density at radius 1 is 1.40 bits per heavy atom. The lowest BCUT2D eigenvalue weighted by atomic mass is 9.97. The third-order valence-electron chi connectivity index (χ3n) is 2.69. The van der Waals surface area contributed by atoms with Gasteiger partial charge >= 0.3 is 0 Å². The fourth-order valence-electron chi connectivity index (χ4n) is 1.73. The summed E-state index contributed by atoms with van der Waals surface area (Å²) in [5.41, 5.74) is 5.53. The van der Waals surface area contributed by atoms with Gasteiger partial charge in [-0.15, -0.1) is 0 Å². The first kappa shape index (κ1) is 12.4. The van der Waals surface area contributed by atoms with Crippen molar-refractivity contribution >= 4 is 15.7 Å². The van der Waals surface area contributed by atoms with Crippen LogP contribution in [-0.2, 0) is 14.6 Å². The molecule has 0 bridgehead atoms. The van der Waals surface area contributed by atoms with E-state index in [1.165, 1.54) is 0 Å². The average molecular weight is 234 g/mol. The molecule has 0 aliphatic carbocycles. The van der Waals surface area contributed by atoms with E-state index in [9.17, 15) is 13.2 Å². The third-order valence-corrected chi connectivity index (χ3v) is 3.46. The predicted molar refractivity (Wildman–Crippen MR) is 58.1 cm³/mol. The molecule has 1 saturated heterocycles. The van der Waals surface area contributed by atoms with Crippen LogP contribution in [0.1, 0.15) is 12.8 Å². The van der Waals surface area contributed by atoms with Crippen LogP contribution in [0.5, 0.6) is 0 Å². The molecule has 0 aromatic carbocycles. The molecule has 1 rings (SSSR count). The molecule has 1 aliphatic rings. The van der Waals surface area contributed by atoms with E-state index in [0.717, 1.165) is 19.1 Å². The zero-order valence-corrected chi connectivity index (χ0v) is 9.79. The highest BCUT2D eigenvalue weighted by atomic mass is 32.2. The van der Waals surface area contributed by atoms with Crippen LogP contribution >= 0.6 is 0 Å². The molecule has 5 nitrogen and oxygen atoms in total. The minimum atomic E-state index is -3.21. The summed E-state index contributed by atoms with van der Waals surface area (Å²) in [5.74, 6) is -0.180. The summed E-state index contributed by atoms with van der Waals surface area (Å²) in [6, 6.07) is 0. The van der Waals surface area contributed by atoms with E-state index >= 15 is 0 Å². The van der Waals surface area contributed by atoms with Crippen LogP contribution in [0, 0.1) is 5.92 Å². The van der Waals surface area contributed by atoms with E-state index in [1.54, 1.807) is 4.90 Å². The highest BCUT2D eigenvalue weighted by Crippen LogP contribution is 2.15. The number of carbonyl (C=O) groups is 1. The Morgan fingerprint density at radius 3 is 2.33 bits per heavy atom. The zero-order valence-electron chi connectivity index (χ0n) is 8.98. The van der Waals surface area contributed by atoms with Crippen LogP contribution in [0.2, 0.25) is 0 Å². The quantitative estimate of drug-likeness (QED) is 0.695. The lowest BCUT2D eigenvalue weighted by molar-refractivity contribution is -0.129. The summed E-state index contributed by atoms with van der Waals surface area (Å²) >= 11 is 0. The van der Waals surface area contributed by atoms with Crippen molar-refractivity contribution in [2.24, 2.45) is 11.7 Å². The molecule has 0 radical (unpaired) electrons. The molecule has 15 heavy (non-hydrogen) atoms. The van der Waals surface area contributed by atoms with Gasteiger partial charge in [-0.2, -0.15) is 0 Å². The SMILES string of the molecule is CS(=O)(=O)CC(=O)N1CCC(CN)CC1. The van der Waals surface area contributed by atoms with Gasteiger partial charge in [-0.3, -0.25) is 4.79 Å². The molecule has 0 atom stereocenters. The van der Waals surface area contributed by atoms with Crippen molar-refractivity contribution in [3.8, 4) is 0 Å². The molecular weight excluding hydrogens is 216 g/mol. The molecule has 6 heteroatoms. The lowest BCUT2D eigenvalue weighted by Gasteiger charge is -2.31. The Balaban J connectivity index is 2.43. The van der Waals surface area contributed by atoms with Gasteiger partial charge in [-0.25, -0.2) is 8.42 Å². The number of hydrogen-bond acceptors (Lipinski definition) is 4. The molecule has 0 aromatic rings. The zero-order chi connectivity index (χ0) is 11.5. The van der Waals surface area contributed by atoms with Crippen molar-refractivity contribution in [2.75, 3.05) is 31.6 Å². The van der Waals surface area contributed by atoms with Crippen LogP contribution < -0.4 is 5.73 Å². The highest BCUT2D eigenvalue weighted by molar-refractivity contribution is 7.91. The highest BCUT2D eigenvalue weighted by Gasteiger charge is 2.23. The number of hydrogen-bond donors (Lipinski definition) is 1. The minimum absolute atomic E-state index is 0.284. The summed E-state index contributed by atoms with van der Waals surface area (Å²) < 4.78 is 21.9. The molecule has 88 valence electrons. The fourth-order valence-corrected chi connectivity index (χ4v) is 2.36. The molecule has 0 unspecified atom stereocenters. The van der Waals surface area contributed by atoms with E-state index in [0.29, 0.717) is 25.6 Å². The summed E-state index contributed by atoms with van der Waals surface area (Å²) in [6.45, 7) is 1.92. The van der Waals surface area contributed by atoms with Crippen LogP contribution in [0.25, 0.3) is 0 Å². The van der Waals surface area contributed by atoms with Crippen LogP contribution in [0.4, 0.5) is 0 Å². The van der Waals surface area contributed by atoms with E-state index in [1.807, 2.05) is 0 Å². The number of carbonyl (C=O) groups excluding carboxylic acids is 1. The predicted octanol–water partition coefficient (Wildman–Crippen LogP) is -0.772. The van der Waals surface area contributed by atoms with Crippen molar-refractivity contribution in [2.45, 2.75) is 12.8 Å². The minimum Gasteiger partial charge on any atom is -0.342 e. The molecule has 2 N–H and O–H groups in total. The summed E-state index contributed by atoms with van der Waals surface area (Å²) in [6.07, 6.45) is 2.84. The number of nitrogens with zero attached hydrogens (tertiary/aromatic N) is 1. The number of sulfone groups is 1. The van der Waals surface area contributed by atoms with Gasteiger partial charge in [0.1, 0.15) is 5.75 Å². The standard InChI is InChI=1S/C9H18N2O3S/c1-15(13,14)7-9(12)11-4-2-8(6-10)3-5-11/h8H,2-7,10H2,1H3. The molecule has 1 amide bonds. The molecule has 1 heterocycles. The summed E-state index contributed by atoms with van der Waals surface area (Å²) in [4.78, 5) is 13.1. The third kappa shape index (κ3) is 4.17. The number of nitrogens with two attached hydrogens (primary N) is 1.